The lowest BCUT2D eigenvalue weighted by molar-refractivity contribution is -0.128. The van der Waals surface area contributed by atoms with E-state index >= 15 is 0 Å². The highest BCUT2D eigenvalue weighted by molar-refractivity contribution is 6.29. The van der Waals surface area contributed by atoms with E-state index in [0.717, 1.165) is 42.0 Å². The molecule has 4 rings (SSSR count). The molecule has 2 aromatic rings. The maximum Gasteiger partial charge on any atom is 0.289 e. The molecule has 1 N–H and O–H groups in total. The van der Waals surface area contributed by atoms with Gasteiger partial charge in [0.15, 0.2) is 5.76 Å². The number of rotatable bonds is 6. The molecular formula is C22H22ClN3O2. The van der Waals surface area contributed by atoms with Crippen LogP contribution in [0.15, 0.2) is 77.6 Å². The average Bonchev–Trinajstić information content (AvgIpc) is 3.31. The number of allylic oxidation sites excluding steroid dienone is 2. The van der Waals surface area contributed by atoms with Crippen LogP contribution in [0.1, 0.15) is 24.8 Å². The summed E-state index contributed by atoms with van der Waals surface area (Å²) in [4.78, 5) is 18.7. The van der Waals surface area contributed by atoms with Crippen LogP contribution < -0.4 is 0 Å². The van der Waals surface area contributed by atoms with E-state index in [1.807, 2.05) is 47.2 Å². The number of carbonyl (C=O) groups excluding carboxylic acids is 1. The lowest BCUT2D eigenvalue weighted by Gasteiger charge is -2.29. The van der Waals surface area contributed by atoms with Crippen molar-refractivity contribution >= 4 is 23.1 Å². The molecule has 1 aliphatic carbocycles. The Morgan fingerprint density at radius 2 is 2.04 bits per heavy atom. The number of aromatic nitrogens is 2. The van der Waals surface area contributed by atoms with Crippen LogP contribution in [0.4, 0.5) is 0 Å². The van der Waals surface area contributed by atoms with Gasteiger partial charge in [0.2, 0.25) is 0 Å². The van der Waals surface area contributed by atoms with Gasteiger partial charge in [0.1, 0.15) is 0 Å². The normalized spacial score (nSPS) is 19.8. The summed E-state index contributed by atoms with van der Waals surface area (Å²) in [6.07, 6.45) is 11.9. The first-order chi connectivity index (χ1) is 13.6. The molecule has 1 aliphatic heterocycles. The zero-order chi connectivity index (χ0) is 19.5. The Labute approximate surface area is 169 Å². The number of carbonyl (C=O) groups is 1. The molecule has 6 heteroatoms. The Hall–Kier alpha value is -2.79. The molecule has 2 heterocycles. The van der Waals surface area contributed by atoms with Gasteiger partial charge < -0.3 is 14.6 Å². The summed E-state index contributed by atoms with van der Waals surface area (Å²) in [6, 6.07) is 9.28. The zero-order valence-electron chi connectivity index (χ0n) is 15.5. The number of nitrogens with zero attached hydrogens (tertiary/aromatic N) is 3. The third-order valence-corrected chi connectivity index (χ3v) is 5.46. The van der Waals surface area contributed by atoms with Crippen LogP contribution in [0.2, 0.25) is 0 Å². The number of aryl methyl sites for hydroxylation is 1. The van der Waals surface area contributed by atoms with Crippen LogP contribution >= 0.6 is 11.6 Å². The van der Waals surface area contributed by atoms with Crippen molar-refractivity contribution in [3.63, 3.8) is 0 Å². The van der Waals surface area contributed by atoms with E-state index in [0.29, 0.717) is 12.1 Å². The molecule has 0 spiro atoms. The van der Waals surface area contributed by atoms with Crippen LogP contribution in [0, 0.1) is 0 Å². The number of hydrogen-bond acceptors (Lipinski definition) is 3. The first-order valence-corrected chi connectivity index (χ1v) is 9.84. The number of hydrogen-bond donors (Lipinski definition) is 1. The minimum absolute atomic E-state index is 0.171. The molecule has 28 heavy (non-hydrogen) atoms. The summed E-state index contributed by atoms with van der Waals surface area (Å²) < 4.78 is 1.98. The van der Waals surface area contributed by atoms with Crippen molar-refractivity contribution in [2.45, 2.75) is 31.8 Å². The van der Waals surface area contributed by atoms with E-state index in [2.05, 4.69) is 11.1 Å². The molecule has 0 bridgehead atoms. The van der Waals surface area contributed by atoms with Gasteiger partial charge >= 0.3 is 0 Å². The zero-order valence-corrected chi connectivity index (χ0v) is 16.2. The second kappa shape index (κ2) is 8.07. The van der Waals surface area contributed by atoms with Gasteiger partial charge in [-0.25, -0.2) is 4.98 Å². The largest absolute Gasteiger partial charge is 0.503 e. The molecular weight excluding hydrogens is 374 g/mol. The van der Waals surface area contributed by atoms with Crippen molar-refractivity contribution < 1.29 is 9.90 Å². The second-order valence-corrected chi connectivity index (χ2v) is 7.50. The fraction of sp³-hybridized carbons (Fsp3) is 0.273. The van der Waals surface area contributed by atoms with Crippen LogP contribution in [-0.2, 0) is 11.3 Å². The van der Waals surface area contributed by atoms with Crippen molar-refractivity contribution in [3.05, 3.63) is 83.1 Å². The number of benzene rings is 1. The van der Waals surface area contributed by atoms with E-state index < -0.39 is 0 Å². The molecule has 0 saturated carbocycles. The van der Waals surface area contributed by atoms with Gasteiger partial charge in [0, 0.05) is 36.1 Å². The monoisotopic (exact) mass is 395 g/mol. The Morgan fingerprint density at radius 1 is 1.21 bits per heavy atom. The second-order valence-electron chi connectivity index (χ2n) is 7.02. The predicted octanol–water partition coefficient (Wildman–Crippen LogP) is 4.30. The van der Waals surface area contributed by atoms with E-state index in [4.69, 9.17) is 11.6 Å². The van der Waals surface area contributed by atoms with Gasteiger partial charge in [-0.2, -0.15) is 0 Å². The molecule has 1 aromatic carbocycles. The molecule has 0 radical (unpaired) electrons. The van der Waals surface area contributed by atoms with Crippen LogP contribution in [0.3, 0.4) is 0 Å². The van der Waals surface area contributed by atoms with Gasteiger partial charge in [-0.3, -0.25) is 4.79 Å². The minimum Gasteiger partial charge on any atom is -0.503 e. The molecule has 1 amide bonds. The molecule has 144 valence electrons. The molecule has 2 aliphatic rings. The maximum atomic E-state index is 12.9. The highest BCUT2D eigenvalue weighted by atomic mass is 35.5. The summed E-state index contributed by atoms with van der Waals surface area (Å²) >= 11 is 6.30. The summed E-state index contributed by atoms with van der Waals surface area (Å²) in [6.45, 7) is 1.29. The van der Waals surface area contributed by atoms with Crippen molar-refractivity contribution in [3.8, 4) is 0 Å². The van der Waals surface area contributed by atoms with Crippen molar-refractivity contribution in [2.75, 3.05) is 6.54 Å². The predicted molar refractivity (Wildman–Crippen MR) is 110 cm³/mol. The van der Waals surface area contributed by atoms with E-state index in [-0.39, 0.29) is 17.7 Å². The van der Waals surface area contributed by atoms with Crippen LogP contribution in [0.5, 0.6) is 0 Å². The topological polar surface area (TPSA) is 58.4 Å². The highest BCUT2D eigenvalue weighted by Crippen LogP contribution is 2.39. The first kappa shape index (κ1) is 18.6. The number of imidazole rings is 1. The lowest BCUT2D eigenvalue weighted by Crippen LogP contribution is -2.38. The highest BCUT2D eigenvalue weighted by Gasteiger charge is 2.41. The third kappa shape index (κ3) is 3.62. The standard InChI is InChI=1S/C22H22ClN3O2/c23-18-9-4-8-17(14-18)20-19(16-6-2-1-3-7-16)21(27)22(28)26(20)12-5-11-25-13-10-24-15-25/h1-3,6-8,10,13-15,20,27H,4-5,9,11-12H2. The van der Waals surface area contributed by atoms with Gasteiger partial charge in [0.05, 0.1) is 12.4 Å². The quantitative estimate of drug-likeness (QED) is 0.793. The molecule has 0 saturated heterocycles. The van der Waals surface area contributed by atoms with Gasteiger partial charge in [-0.15, -0.1) is 0 Å². The Bertz CT molecular complexity index is 945. The minimum atomic E-state index is -0.328. The summed E-state index contributed by atoms with van der Waals surface area (Å²) in [5.41, 5.74) is 2.48. The molecule has 1 unspecified atom stereocenters. The van der Waals surface area contributed by atoms with E-state index in [1.165, 1.54) is 0 Å². The fourth-order valence-electron chi connectivity index (χ4n) is 3.87. The third-order valence-electron chi connectivity index (χ3n) is 5.17. The molecule has 1 atom stereocenters. The van der Waals surface area contributed by atoms with Crippen molar-refractivity contribution in [1.29, 1.82) is 0 Å². The summed E-state index contributed by atoms with van der Waals surface area (Å²) in [5, 5.41) is 11.5. The SMILES string of the molecule is O=C1C(O)=C(c2ccccc2)C(C2=CCCC(Cl)=C2)N1CCCn1ccnc1. The maximum absolute atomic E-state index is 12.9. The van der Waals surface area contributed by atoms with Crippen molar-refractivity contribution in [2.24, 2.45) is 0 Å². The van der Waals surface area contributed by atoms with Crippen LogP contribution in [0.25, 0.3) is 5.57 Å². The smallest absolute Gasteiger partial charge is 0.289 e. The van der Waals surface area contributed by atoms with E-state index in [1.54, 1.807) is 17.4 Å². The number of amides is 1. The Balaban J connectivity index is 1.65. The Morgan fingerprint density at radius 3 is 2.75 bits per heavy atom. The Kier molecular flexibility index (Phi) is 5.35. The number of halogens is 1. The van der Waals surface area contributed by atoms with Gasteiger partial charge in [-0.05, 0) is 36.5 Å². The average molecular weight is 396 g/mol. The first-order valence-electron chi connectivity index (χ1n) is 9.46. The van der Waals surface area contributed by atoms with Gasteiger partial charge in [0.25, 0.3) is 5.91 Å². The van der Waals surface area contributed by atoms with E-state index in [9.17, 15) is 9.90 Å². The fourth-order valence-corrected chi connectivity index (χ4v) is 4.10. The lowest BCUT2D eigenvalue weighted by atomic mass is 9.90. The molecule has 1 aromatic heterocycles. The van der Waals surface area contributed by atoms with Gasteiger partial charge in [-0.1, -0.05) is 48.0 Å². The molecule has 0 fully saturated rings. The molecule has 5 nitrogen and oxygen atoms in total. The summed E-state index contributed by atoms with van der Waals surface area (Å²) in [5.74, 6) is -0.500. The number of aliphatic hydroxyl groups is 1. The number of aliphatic hydroxyl groups excluding tert-OH is 1. The van der Waals surface area contributed by atoms with Crippen LogP contribution in [-0.4, -0.2) is 38.1 Å². The van der Waals surface area contributed by atoms with Crippen molar-refractivity contribution in [1.82, 2.24) is 14.5 Å². The summed E-state index contributed by atoms with van der Waals surface area (Å²) in [7, 11) is 0.